The molecule has 0 spiro atoms. The van der Waals surface area contributed by atoms with Crippen molar-refractivity contribution in [2.75, 3.05) is 6.61 Å². The molecule has 1 N–H and O–H groups in total. The van der Waals surface area contributed by atoms with Crippen LogP contribution in [0.15, 0.2) is 72.9 Å². The lowest BCUT2D eigenvalue weighted by Crippen LogP contribution is -2.50. The molecule has 0 aliphatic carbocycles. The smallest absolute Gasteiger partial charge is 0.262 e. The van der Waals surface area contributed by atoms with Crippen LogP contribution in [0.3, 0.4) is 0 Å². The Balaban J connectivity index is 1.58. The van der Waals surface area contributed by atoms with E-state index >= 15 is 0 Å². The number of hydrogen-bond donors (Lipinski definition) is 1. The molecule has 168 valence electrons. The van der Waals surface area contributed by atoms with E-state index in [2.05, 4.69) is 10.3 Å². The highest BCUT2D eigenvalue weighted by molar-refractivity contribution is 6.22. The van der Waals surface area contributed by atoms with Crippen molar-refractivity contribution in [2.24, 2.45) is 0 Å². The maximum Gasteiger partial charge on any atom is 0.262 e. The van der Waals surface area contributed by atoms with Crippen molar-refractivity contribution in [1.29, 1.82) is 0 Å². The van der Waals surface area contributed by atoms with Gasteiger partial charge in [-0.15, -0.1) is 0 Å². The lowest BCUT2D eigenvalue weighted by Gasteiger charge is -2.25. The Kier molecular flexibility index (Phi) is 6.78. The van der Waals surface area contributed by atoms with Gasteiger partial charge < -0.3 is 10.1 Å². The van der Waals surface area contributed by atoms with Crippen LogP contribution in [0, 0.1) is 0 Å². The zero-order valence-corrected chi connectivity index (χ0v) is 18.4. The summed E-state index contributed by atoms with van der Waals surface area (Å²) in [5.41, 5.74) is 2.20. The molecule has 0 saturated carbocycles. The molecule has 4 rings (SSSR count). The molecular weight excluding hydrogens is 418 g/mol. The summed E-state index contributed by atoms with van der Waals surface area (Å²) in [7, 11) is 0. The molecule has 0 saturated heterocycles. The van der Waals surface area contributed by atoms with Crippen molar-refractivity contribution >= 4 is 17.7 Å². The van der Waals surface area contributed by atoms with Gasteiger partial charge in [-0.1, -0.05) is 55.5 Å². The minimum atomic E-state index is -0.989. The van der Waals surface area contributed by atoms with Crippen molar-refractivity contribution in [1.82, 2.24) is 15.2 Å². The molecule has 33 heavy (non-hydrogen) atoms. The van der Waals surface area contributed by atoms with Crippen molar-refractivity contribution in [3.8, 4) is 5.88 Å². The number of nitrogens with one attached hydrogen (secondary N) is 1. The molecule has 1 aliphatic heterocycles. The first-order valence-corrected chi connectivity index (χ1v) is 11.0. The number of amides is 3. The molecule has 7 nitrogen and oxygen atoms in total. The zero-order valence-electron chi connectivity index (χ0n) is 18.4. The average Bonchev–Trinajstić information content (AvgIpc) is 3.11. The number of nitrogens with zero attached hydrogens (tertiary/aromatic N) is 2. The van der Waals surface area contributed by atoms with Crippen LogP contribution in [-0.2, 0) is 17.8 Å². The molecule has 0 bridgehead atoms. The van der Waals surface area contributed by atoms with Crippen molar-refractivity contribution in [2.45, 2.75) is 32.4 Å². The van der Waals surface area contributed by atoms with Crippen LogP contribution in [0.5, 0.6) is 5.88 Å². The summed E-state index contributed by atoms with van der Waals surface area (Å²) in [5.74, 6) is -0.876. The molecule has 7 heteroatoms. The number of carbonyl (C=O) groups excluding carboxylic acids is 3. The minimum Gasteiger partial charge on any atom is -0.477 e. The van der Waals surface area contributed by atoms with Gasteiger partial charge in [-0.3, -0.25) is 19.3 Å². The van der Waals surface area contributed by atoms with Gasteiger partial charge in [0.05, 0.1) is 17.7 Å². The third-order valence-corrected chi connectivity index (χ3v) is 5.46. The first kappa shape index (κ1) is 22.2. The van der Waals surface area contributed by atoms with Gasteiger partial charge in [-0.2, -0.15) is 0 Å². The van der Waals surface area contributed by atoms with Crippen LogP contribution in [0.25, 0.3) is 0 Å². The monoisotopic (exact) mass is 443 g/mol. The van der Waals surface area contributed by atoms with Gasteiger partial charge in [0, 0.05) is 24.7 Å². The Morgan fingerprint density at radius 3 is 2.30 bits per heavy atom. The van der Waals surface area contributed by atoms with Crippen LogP contribution in [0.1, 0.15) is 45.2 Å². The van der Waals surface area contributed by atoms with Gasteiger partial charge in [0.25, 0.3) is 11.8 Å². The molecule has 0 radical (unpaired) electrons. The predicted molar refractivity (Wildman–Crippen MR) is 123 cm³/mol. The molecule has 1 aromatic heterocycles. The molecule has 1 unspecified atom stereocenters. The highest BCUT2D eigenvalue weighted by atomic mass is 16.5. The van der Waals surface area contributed by atoms with E-state index in [0.29, 0.717) is 23.6 Å². The summed E-state index contributed by atoms with van der Waals surface area (Å²) in [6.45, 7) is 2.68. The number of rotatable bonds is 9. The lowest BCUT2D eigenvalue weighted by molar-refractivity contribution is -0.125. The predicted octanol–water partition coefficient (Wildman–Crippen LogP) is 3.39. The summed E-state index contributed by atoms with van der Waals surface area (Å²) in [5, 5.41) is 2.88. The number of imide groups is 1. The van der Waals surface area contributed by atoms with Crippen LogP contribution in [0.2, 0.25) is 0 Å². The van der Waals surface area contributed by atoms with Crippen LogP contribution in [0.4, 0.5) is 0 Å². The van der Waals surface area contributed by atoms with E-state index < -0.39 is 23.8 Å². The first-order chi connectivity index (χ1) is 16.1. The molecule has 1 aliphatic rings. The third-order valence-electron chi connectivity index (χ3n) is 5.46. The highest BCUT2D eigenvalue weighted by Crippen LogP contribution is 2.26. The van der Waals surface area contributed by atoms with Gasteiger partial charge in [0.1, 0.15) is 6.04 Å². The van der Waals surface area contributed by atoms with Gasteiger partial charge in [-0.05, 0) is 30.2 Å². The van der Waals surface area contributed by atoms with E-state index in [1.54, 1.807) is 36.5 Å². The minimum absolute atomic E-state index is 0.167. The van der Waals surface area contributed by atoms with E-state index in [1.807, 2.05) is 43.3 Å². The Labute approximate surface area is 192 Å². The molecule has 2 aromatic carbocycles. The number of ether oxygens (including phenoxy) is 1. The van der Waals surface area contributed by atoms with E-state index in [0.717, 1.165) is 22.4 Å². The van der Waals surface area contributed by atoms with Gasteiger partial charge in [0.2, 0.25) is 11.8 Å². The Morgan fingerprint density at radius 2 is 1.64 bits per heavy atom. The molecule has 2 heterocycles. The second kappa shape index (κ2) is 10.1. The second-order valence-electron chi connectivity index (χ2n) is 7.77. The summed E-state index contributed by atoms with van der Waals surface area (Å²) >= 11 is 0. The fourth-order valence-corrected chi connectivity index (χ4v) is 3.82. The number of carbonyl (C=O) groups is 3. The van der Waals surface area contributed by atoms with E-state index in [-0.39, 0.29) is 13.0 Å². The van der Waals surface area contributed by atoms with Crippen LogP contribution >= 0.6 is 0 Å². The van der Waals surface area contributed by atoms with Gasteiger partial charge >= 0.3 is 0 Å². The SMILES string of the molecule is CCCOc1ncccc1CNC(=O)C(Cc1ccccc1)N1C(=O)c2ccccc2C1=O. The second-order valence-corrected chi connectivity index (χ2v) is 7.77. The Bertz CT molecular complexity index is 1130. The topological polar surface area (TPSA) is 88.6 Å². The zero-order chi connectivity index (χ0) is 23.2. The number of aromatic nitrogens is 1. The van der Waals surface area contributed by atoms with Gasteiger partial charge in [0.15, 0.2) is 0 Å². The maximum atomic E-state index is 13.4. The quantitative estimate of drug-likeness (QED) is 0.512. The highest BCUT2D eigenvalue weighted by Gasteiger charge is 2.42. The van der Waals surface area contributed by atoms with Crippen LogP contribution in [-0.4, -0.2) is 40.3 Å². The summed E-state index contributed by atoms with van der Waals surface area (Å²) in [6, 6.07) is 18.6. The van der Waals surface area contributed by atoms with Crippen LogP contribution < -0.4 is 10.1 Å². The first-order valence-electron chi connectivity index (χ1n) is 11.0. The normalized spacial score (nSPS) is 13.5. The van der Waals surface area contributed by atoms with Crippen molar-refractivity contribution in [3.05, 3.63) is 95.2 Å². The van der Waals surface area contributed by atoms with Gasteiger partial charge in [-0.25, -0.2) is 4.98 Å². The standard InChI is InChI=1S/C26H25N3O4/c1-2-15-33-24-19(11-8-14-27-24)17-28-23(30)22(16-18-9-4-3-5-10-18)29-25(31)20-12-6-7-13-21(20)26(29)32/h3-14,22H,2,15-17H2,1H3,(H,28,30). The Morgan fingerprint density at radius 1 is 0.970 bits per heavy atom. The Hall–Kier alpha value is -4.00. The molecule has 3 aromatic rings. The lowest BCUT2D eigenvalue weighted by atomic mass is 10.0. The number of benzene rings is 2. The molecular formula is C26H25N3O4. The molecule has 3 amide bonds. The van der Waals surface area contributed by atoms with Crippen molar-refractivity contribution < 1.29 is 19.1 Å². The van der Waals surface area contributed by atoms with E-state index in [9.17, 15) is 14.4 Å². The largest absolute Gasteiger partial charge is 0.477 e. The maximum absolute atomic E-state index is 13.4. The fraction of sp³-hybridized carbons (Fsp3) is 0.231. The molecule has 1 atom stereocenters. The summed E-state index contributed by atoms with van der Waals surface area (Å²) in [4.78, 5) is 44.8. The number of hydrogen-bond acceptors (Lipinski definition) is 5. The van der Waals surface area contributed by atoms with E-state index in [4.69, 9.17) is 4.74 Å². The summed E-state index contributed by atoms with van der Waals surface area (Å²) in [6.07, 6.45) is 2.68. The third kappa shape index (κ3) is 4.77. The summed E-state index contributed by atoms with van der Waals surface area (Å²) < 4.78 is 5.67. The number of pyridine rings is 1. The molecule has 0 fully saturated rings. The van der Waals surface area contributed by atoms with E-state index in [1.165, 1.54) is 0 Å². The number of fused-ring (bicyclic) bond motifs is 1. The fourth-order valence-electron chi connectivity index (χ4n) is 3.82. The average molecular weight is 444 g/mol. The van der Waals surface area contributed by atoms with Crippen molar-refractivity contribution in [3.63, 3.8) is 0 Å².